The third-order valence-electron chi connectivity index (χ3n) is 4.55. The van der Waals surface area contributed by atoms with Crippen LogP contribution in [0.1, 0.15) is 18.4 Å². The van der Waals surface area contributed by atoms with Crippen LogP contribution >= 0.6 is 0 Å². The van der Waals surface area contributed by atoms with E-state index in [1.165, 1.54) is 4.90 Å². The minimum absolute atomic E-state index is 0.0942. The van der Waals surface area contributed by atoms with Crippen LogP contribution in [0.2, 0.25) is 0 Å². The number of ether oxygens (including phenoxy) is 1. The standard InChI is InChI=1S/C18H22N4O6/c19-15(23)9-22-17(25)13(11-28-22)20-16(24)14-7-4-8-21(14)18(26)27-10-12-5-2-1-3-6-12/h1-3,5-6,13-14H,4,7-11H2,(H2,19,23)(H,20,24)/t13-,14?/m1/s1. The van der Waals surface area contributed by atoms with E-state index in [1.807, 2.05) is 30.3 Å². The van der Waals surface area contributed by atoms with Crippen LogP contribution in [0.25, 0.3) is 0 Å². The van der Waals surface area contributed by atoms with Gasteiger partial charge in [0.15, 0.2) is 0 Å². The van der Waals surface area contributed by atoms with E-state index in [4.69, 9.17) is 15.3 Å². The normalized spacial score (nSPS) is 21.6. The second kappa shape index (κ2) is 8.70. The lowest BCUT2D eigenvalue weighted by Crippen LogP contribution is -2.51. The zero-order chi connectivity index (χ0) is 20.1. The van der Waals surface area contributed by atoms with Gasteiger partial charge in [-0.25, -0.2) is 9.86 Å². The van der Waals surface area contributed by atoms with Gasteiger partial charge >= 0.3 is 6.09 Å². The molecule has 10 heteroatoms. The summed E-state index contributed by atoms with van der Waals surface area (Å²) < 4.78 is 5.30. The van der Waals surface area contributed by atoms with Gasteiger partial charge in [-0.3, -0.25) is 24.1 Å². The number of rotatable bonds is 6. The highest BCUT2D eigenvalue weighted by Crippen LogP contribution is 2.20. The van der Waals surface area contributed by atoms with Crippen LogP contribution in [0.15, 0.2) is 30.3 Å². The van der Waals surface area contributed by atoms with Gasteiger partial charge in [-0.15, -0.1) is 0 Å². The number of hydrogen-bond donors (Lipinski definition) is 2. The van der Waals surface area contributed by atoms with Crippen molar-refractivity contribution in [2.45, 2.75) is 31.5 Å². The molecule has 2 atom stereocenters. The van der Waals surface area contributed by atoms with Gasteiger partial charge in [-0.2, -0.15) is 0 Å². The van der Waals surface area contributed by atoms with Crippen molar-refractivity contribution in [3.05, 3.63) is 35.9 Å². The molecule has 4 amide bonds. The average Bonchev–Trinajstić information content (AvgIpc) is 3.29. The number of nitrogens with two attached hydrogens (primary N) is 1. The SMILES string of the molecule is NC(=O)CN1OC[C@@H](NC(=O)C2CCCN2C(=O)OCc2ccccc2)C1=O. The number of hydrogen-bond acceptors (Lipinski definition) is 6. The van der Waals surface area contributed by atoms with Crippen LogP contribution < -0.4 is 11.1 Å². The van der Waals surface area contributed by atoms with Crippen molar-refractivity contribution in [2.75, 3.05) is 19.7 Å². The molecule has 2 saturated heterocycles. The molecular weight excluding hydrogens is 368 g/mol. The fourth-order valence-electron chi connectivity index (χ4n) is 3.17. The van der Waals surface area contributed by atoms with Crippen molar-refractivity contribution in [2.24, 2.45) is 5.73 Å². The molecule has 1 aromatic rings. The predicted octanol–water partition coefficient (Wildman–Crippen LogP) is -0.468. The molecule has 150 valence electrons. The molecule has 2 fully saturated rings. The van der Waals surface area contributed by atoms with Crippen molar-refractivity contribution in [1.29, 1.82) is 0 Å². The number of nitrogens with zero attached hydrogens (tertiary/aromatic N) is 2. The second-order valence-corrected chi connectivity index (χ2v) is 6.59. The summed E-state index contributed by atoms with van der Waals surface area (Å²) in [6.07, 6.45) is 0.548. The van der Waals surface area contributed by atoms with E-state index in [0.29, 0.717) is 19.4 Å². The van der Waals surface area contributed by atoms with Gasteiger partial charge < -0.3 is 15.8 Å². The molecule has 0 radical (unpaired) electrons. The highest BCUT2D eigenvalue weighted by atomic mass is 16.7. The zero-order valence-corrected chi connectivity index (χ0v) is 15.2. The summed E-state index contributed by atoms with van der Waals surface area (Å²) in [5.74, 6) is -1.73. The fourth-order valence-corrected chi connectivity index (χ4v) is 3.17. The molecule has 3 rings (SSSR count). The van der Waals surface area contributed by atoms with E-state index < -0.39 is 35.9 Å². The van der Waals surface area contributed by atoms with E-state index >= 15 is 0 Å². The molecule has 3 N–H and O–H groups in total. The topological polar surface area (TPSA) is 131 Å². The summed E-state index contributed by atoms with van der Waals surface area (Å²) in [6.45, 7) is 0.0335. The monoisotopic (exact) mass is 390 g/mol. The molecular formula is C18H22N4O6. The van der Waals surface area contributed by atoms with Crippen molar-refractivity contribution in [3.8, 4) is 0 Å². The summed E-state index contributed by atoms with van der Waals surface area (Å²) >= 11 is 0. The van der Waals surface area contributed by atoms with Crippen molar-refractivity contribution in [1.82, 2.24) is 15.3 Å². The first-order valence-electron chi connectivity index (χ1n) is 8.96. The van der Waals surface area contributed by atoms with E-state index in [2.05, 4.69) is 5.32 Å². The van der Waals surface area contributed by atoms with Crippen molar-refractivity contribution >= 4 is 23.8 Å². The third-order valence-corrected chi connectivity index (χ3v) is 4.55. The maximum Gasteiger partial charge on any atom is 0.410 e. The predicted molar refractivity (Wildman–Crippen MR) is 95.1 cm³/mol. The van der Waals surface area contributed by atoms with Gasteiger partial charge in [0.25, 0.3) is 5.91 Å². The number of primary amides is 1. The molecule has 0 aromatic heterocycles. The van der Waals surface area contributed by atoms with E-state index in [1.54, 1.807) is 0 Å². The summed E-state index contributed by atoms with van der Waals surface area (Å²) in [5.41, 5.74) is 5.89. The molecule has 2 heterocycles. The minimum atomic E-state index is -0.922. The molecule has 0 aliphatic carbocycles. The molecule has 28 heavy (non-hydrogen) atoms. The lowest BCUT2D eigenvalue weighted by Gasteiger charge is -2.24. The first-order chi connectivity index (χ1) is 13.5. The van der Waals surface area contributed by atoms with E-state index in [-0.39, 0.29) is 19.8 Å². The number of carbonyl (C=O) groups is 4. The number of likely N-dealkylation sites (tertiary alicyclic amines) is 1. The zero-order valence-electron chi connectivity index (χ0n) is 15.2. The molecule has 2 aliphatic heterocycles. The summed E-state index contributed by atoms with van der Waals surface area (Å²) in [5, 5.41) is 3.40. The van der Waals surface area contributed by atoms with Crippen LogP contribution in [0.4, 0.5) is 4.79 Å². The van der Waals surface area contributed by atoms with Crippen LogP contribution in [0.3, 0.4) is 0 Å². The molecule has 0 bridgehead atoms. The lowest BCUT2D eigenvalue weighted by molar-refractivity contribution is -0.165. The molecule has 2 aliphatic rings. The Morgan fingerprint density at radius 3 is 2.71 bits per heavy atom. The molecule has 1 aromatic carbocycles. The Morgan fingerprint density at radius 1 is 1.25 bits per heavy atom. The number of amides is 4. The molecule has 10 nitrogen and oxygen atoms in total. The van der Waals surface area contributed by atoms with Gasteiger partial charge in [-0.05, 0) is 18.4 Å². The lowest BCUT2D eigenvalue weighted by atomic mass is 10.2. The van der Waals surface area contributed by atoms with Crippen LogP contribution in [0.5, 0.6) is 0 Å². The number of hydroxylamine groups is 2. The van der Waals surface area contributed by atoms with Crippen molar-refractivity contribution < 1.29 is 28.8 Å². The van der Waals surface area contributed by atoms with Crippen LogP contribution in [-0.4, -0.2) is 65.6 Å². The number of carbonyl (C=O) groups excluding carboxylic acids is 4. The molecule has 0 saturated carbocycles. The Bertz CT molecular complexity index is 756. The highest BCUT2D eigenvalue weighted by molar-refractivity contribution is 5.93. The fraction of sp³-hybridized carbons (Fsp3) is 0.444. The quantitative estimate of drug-likeness (QED) is 0.675. The Kier molecular flexibility index (Phi) is 6.09. The Balaban J connectivity index is 1.53. The van der Waals surface area contributed by atoms with Crippen LogP contribution in [-0.2, 0) is 30.6 Å². The summed E-state index contributed by atoms with van der Waals surface area (Å²) in [6, 6.07) is 7.59. The highest BCUT2D eigenvalue weighted by Gasteiger charge is 2.40. The van der Waals surface area contributed by atoms with E-state index in [0.717, 1.165) is 10.6 Å². The minimum Gasteiger partial charge on any atom is -0.445 e. The smallest absolute Gasteiger partial charge is 0.410 e. The van der Waals surface area contributed by atoms with E-state index in [9.17, 15) is 19.2 Å². The van der Waals surface area contributed by atoms with Gasteiger partial charge in [0.2, 0.25) is 11.8 Å². The summed E-state index contributed by atoms with van der Waals surface area (Å²) in [7, 11) is 0. The maximum absolute atomic E-state index is 12.6. The molecule has 1 unspecified atom stereocenters. The largest absolute Gasteiger partial charge is 0.445 e. The third kappa shape index (κ3) is 4.58. The Morgan fingerprint density at radius 2 is 2.00 bits per heavy atom. The number of benzene rings is 1. The van der Waals surface area contributed by atoms with Crippen LogP contribution in [0, 0.1) is 0 Å². The average molecular weight is 390 g/mol. The van der Waals surface area contributed by atoms with Gasteiger partial charge in [0, 0.05) is 6.54 Å². The molecule has 0 spiro atoms. The maximum atomic E-state index is 12.6. The van der Waals surface area contributed by atoms with Gasteiger partial charge in [0.05, 0.1) is 0 Å². The Labute approximate surface area is 161 Å². The first-order valence-corrected chi connectivity index (χ1v) is 8.96. The van der Waals surface area contributed by atoms with Gasteiger partial charge in [0.1, 0.15) is 31.8 Å². The number of nitrogens with one attached hydrogen (secondary N) is 1. The first kappa shape index (κ1) is 19.6. The van der Waals surface area contributed by atoms with Gasteiger partial charge in [-0.1, -0.05) is 30.3 Å². The van der Waals surface area contributed by atoms with Crippen molar-refractivity contribution in [3.63, 3.8) is 0 Å². The Hall–Kier alpha value is -3.14. The summed E-state index contributed by atoms with van der Waals surface area (Å²) in [4.78, 5) is 54.5. The second-order valence-electron chi connectivity index (χ2n) is 6.59.